The summed E-state index contributed by atoms with van der Waals surface area (Å²) in [4.78, 5) is 16.4. The number of amides is 1. The lowest BCUT2D eigenvalue weighted by Gasteiger charge is -2.32. The van der Waals surface area contributed by atoms with Crippen LogP contribution in [0, 0.1) is 0 Å². The summed E-state index contributed by atoms with van der Waals surface area (Å²) in [5, 5.41) is 5.79. The quantitative estimate of drug-likeness (QED) is 0.918. The van der Waals surface area contributed by atoms with E-state index in [1.54, 1.807) is 11.3 Å². The van der Waals surface area contributed by atoms with Crippen molar-refractivity contribution in [3.63, 3.8) is 0 Å². The van der Waals surface area contributed by atoms with Crippen LogP contribution in [0.5, 0.6) is 0 Å². The van der Waals surface area contributed by atoms with Gasteiger partial charge in [-0.15, -0.1) is 11.3 Å². The first kappa shape index (κ1) is 15.4. The van der Waals surface area contributed by atoms with Crippen LogP contribution in [0.4, 0.5) is 0 Å². The fourth-order valence-corrected chi connectivity index (χ4v) is 4.49. The Bertz CT molecular complexity index is 506. The first-order chi connectivity index (χ1) is 9.97. The predicted octanol–water partition coefficient (Wildman–Crippen LogP) is 3.63. The number of nitrogens with one attached hydrogen (secondary N) is 1. The lowest BCUT2D eigenvalue weighted by Crippen LogP contribution is -2.45. The average Bonchev–Trinajstić information content (AvgIpc) is 3.17. The third kappa shape index (κ3) is 2.76. The number of rotatable bonds is 4. The van der Waals surface area contributed by atoms with Crippen LogP contribution in [0.2, 0.25) is 0 Å². The van der Waals surface area contributed by atoms with Crippen LogP contribution in [0.25, 0.3) is 0 Å². The van der Waals surface area contributed by atoms with E-state index in [1.165, 1.54) is 4.88 Å². The van der Waals surface area contributed by atoms with Gasteiger partial charge >= 0.3 is 0 Å². The molecular formula is C16H24N2OS2. The van der Waals surface area contributed by atoms with E-state index in [0.29, 0.717) is 5.91 Å². The monoisotopic (exact) mass is 324 g/mol. The SMILES string of the molecule is CSC(C)(C)CN1C(=O)C2(CCCC2)NC1c1cccs1. The van der Waals surface area contributed by atoms with Crippen molar-refractivity contribution in [1.82, 2.24) is 10.2 Å². The highest BCUT2D eigenvalue weighted by atomic mass is 32.2. The molecule has 1 spiro atoms. The molecule has 1 saturated carbocycles. The van der Waals surface area contributed by atoms with E-state index in [0.717, 1.165) is 32.2 Å². The molecule has 0 radical (unpaired) electrons. The zero-order valence-electron chi connectivity index (χ0n) is 13.0. The molecule has 1 N–H and O–H groups in total. The van der Waals surface area contributed by atoms with Gasteiger partial charge in [0.2, 0.25) is 5.91 Å². The highest BCUT2D eigenvalue weighted by molar-refractivity contribution is 7.99. The normalized spacial score (nSPS) is 25.2. The van der Waals surface area contributed by atoms with Crippen LogP contribution in [0.3, 0.4) is 0 Å². The molecule has 2 fully saturated rings. The number of carbonyl (C=O) groups is 1. The standard InChI is InChI=1S/C16H24N2OS2/c1-15(2,20-3)11-18-13(12-7-6-10-21-12)17-16(14(18)19)8-4-5-9-16/h6-7,10,13,17H,4-5,8-9,11H2,1-3H3. The molecule has 3 rings (SSSR count). The zero-order chi connectivity index (χ0) is 15.1. The third-order valence-electron chi connectivity index (χ3n) is 4.77. The van der Waals surface area contributed by atoms with Gasteiger partial charge in [-0.1, -0.05) is 18.9 Å². The second-order valence-electron chi connectivity index (χ2n) is 6.75. The molecule has 2 aliphatic rings. The van der Waals surface area contributed by atoms with E-state index in [1.807, 2.05) is 11.8 Å². The summed E-state index contributed by atoms with van der Waals surface area (Å²) in [5.74, 6) is 0.320. The molecule has 2 heterocycles. The van der Waals surface area contributed by atoms with Gasteiger partial charge in [0, 0.05) is 16.2 Å². The second kappa shape index (κ2) is 5.60. The summed E-state index contributed by atoms with van der Waals surface area (Å²) in [6.07, 6.45) is 6.49. The van der Waals surface area contributed by atoms with Crippen LogP contribution in [-0.2, 0) is 4.79 Å². The van der Waals surface area contributed by atoms with Crippen LogP contribution >= 0.6 is 23.1 Å². The van der Waals surface area contributed by atoms with Crippen molar-refractivity contribution < 1.29 is 4.79 Å². The molecule has 1 aliphatic carbocycles. The highest BCUT2D eigenvalue weighted by Gasteiger charge is 2.53. The number of thiophene rings is 1. The smallest absolute Gasteiger partial charge is 0.244 e. The first-order valence-electron chi connectivity index (χ1n) is 7.65. The second-order valence-corrected chi connectivity index (χ2v) is 9.24. The van der Waals surface area contributed by atoms with Crippen LogP contribution < -0.4 is 5.32 Å². The number of thioether (sulfide) groups is 1. The maximum atomic E-state index is 13.1. The van der Waals surface area contributed by atoms with E-state index in [4.69, 9.17) is 0 Å². The Labute approximate surface area is 135 Å². The van der Waals surface area contributed by atoms with Gasteiger partial charge < -0.3 is 4.90 Å². The molecule has 1 aromatic heterocycles. The molecular weight excluding hydrogens is 300 g/mol. The van der Waals surface area contributed by atoms with E-state index < -0.39 is 0 Å². The molecule has 0 aromatic carbocycles. The molecule has 1 aromatic rings. The van der Waals surface area contributed by atoms with E-state index >= 15 is 0 Å². The van der Waals surface area contributed by atoms with Crippen LogP contribution in [-0.4, -0.2) is 33.9 Å². The molecule has 5 heteroatoms. The molecule has 1 saturated heterocycles. The Kier molecular flexibility index (Phi) is 4.10. The Hall–Kier alpha value is -0.520. The zero-order valence-corrected chi connectivity index (χ0v) is 14.6. The fourth-order valence-electron chi connectivity index (χ4n) is 3.44. The van der Waals surface area contributed by atoms with Gasteiger partial charge in [-0.3, -0.25) is 10.1 Å². The summed E-state index contributed by atoms with van der Waals surface area (Å²) in [5.41, 5.74) is -0.289. The van der Waals surface area contributed by atoms with E-state index in [2.05, 4.69) is 47.8 Å². The molecule has 0 bridgehead atoms. The summed E-state index contributed by atoms with van der Waals surface area (Å²) in [6.45, 7) is 5.23. The summed E-state index contributed by atoms with van der Waals surface area (Å²) in [6, 6.07) is 4.21. The largest absolute Gasteiger partial charge is 0.319 e. The minimum Gasteiger partial charge on any atom is -0.319 e. The molecule has 1 atom stereocenters. The van der Waals surface area contributed by atoms with Gasteiger partial charge in [0.25, 0.3) is 0 Å². The van der Waals surface area contributed by atoms with E-state index in [-0.39, 0.29) is 16.5 Å². The van der Waals surface area contributed by atoms with Crippen molar-refractivity contribution in [3.8, 4) is 0 Å². The number of hydrogen-bond donors (Lipinski definition) is 1. The van der Waals surface area contributed by atoms with Gasteiger partial charge in [-0.05, 0) is 44.4 Å². The summed E-state index contributed by atoms with van der Waals surface area (Å²) in [7, 11) is 0. The number of nitrogens with zero attached hydrogens (tertiary/aromatic N) is 1. The molecule has 1 amide bonds. The Morgan fingerprint density at radius 1 is 1.48 bits per heavy atom. The van der Waals surface area contributed by atoms with Gasteiger partial charge in [-0.2, -0.15) is 11.8 Å². The molecule has 1 unspecified atom stereocenters. The minimum atomic E-state index is -0.289. The lowest BCUT2D eigenvalue weighted by molar-refractivity contribution is -0.133. The van der Waals surface area contributed by atoms with Gasteiger partial charge in [0.15, 0.2) is 0 Å². The third-order valence-corrected chi connectivity index (χ3v) is 6.93. The van der Waals surface area contributed by atoms with Crippen molar-refractivity contribution >= 4 is 29.0 Å². The van der Waals surface area contributed by atoms with Crippen molar-refractivity contribution in [2.24, 2.45) is 0 Å². The summed E-state index contributed by atoms with van der Waals surface area (Å²) < 4.78 is 0.0803. The van der Waals surface area contributed by atoms with Crippen LogP contribution in [0.1, 0.15) is 50.6 Å². The van der Waals surface area contributed by atoms with Crippen molar-refractivity contribution in [3.05, 3.63) is 22.4 Å². The molecule has 21 heavy (non-hydrogen) atoms. The average molecular weight is 325 g/mol. The Morgan fingerprint density at radius 3 is 2.76 bits per heavy atom. The topological polar surface area (TPSA) is 32.3 Å². The Morgan fingerprint density at radius 2 is 2.19 bits per heavy atom. The van der Waals surface area contributed by atoms with Gasteiger partial charge in [-0.25, -0.2) is 0 Å². The maximum Gasteiger partial charge on any atom is 0.244 e. The lowest BCUT2D eigenvalue weighted by atomic mass is 9.98. The highest BCUT2D eigenvalue weighted by Crippen LogP contribution is 2.43. The predicted molar refractivity (Wildman–Crippen MR) is 90.7 cm³/mol. The molecule has 1 aliphatic heterocycles. The number of hydrogen-bond acceptors (Lipinski definition) is 4. The van der Waals surface area contributed by atoms with Gasteiger partial charge in [0.05, 0.1) is 5.54 Å². The van der Waals surface area contributed by atoms with Crippen molar-refractivity contribution in [2.45, 2.75) is 56.0 Å². The van der Waals surface area contributed by atoms with Crippen LogP contribution in [0.15, 0.2) is 17.5 Å². The van der Waals surface area contributed by atoms with Crippen molar-refractivity contribution in [1.29, 1.82) is 0 Å². The molecule has 116 valence electrons. The minimum absolute atomic E-state index is 0.0574. The maximum absolute atomic E-state index is 13.1. The Balaban J connectivity index is 1.91. The number of carbonyl (C=O) groups excluding carboxylic acids is 1. The molecule has 3 nitrogen and oxygen atoms in total. The van der Waals surface area contributed by atoms with Crippen molar-refractivity contribution in [2.75, 3.05) is 12.8 Å². The van der Waals surface area contributed by atoms with E-state index in [9.17, 15) is 4.79 Å². The fraction of sp³-hybridized carbons (Fsp3) is 0.688. The first-order valence-corrected chi connectivity index (χ1v) is 9.75. The summed E-state index contributed by atoms with van der Waals surface area (Å²) >= 11 is 3.57. The van der Waals surface area contributed by atoms with Gasteiger partial charge in [0.1, 0.15) is 6.17 Å².